The Balaban J connectivity index is 1.39. The van der Waals surface area contributed by atoms with E-state index in [0.717, 1.165) is 50.8 Å². The third-order valence-corrected chi connectivity index (χ3v) is 4.60. The van der Waals surface area contributed by atoms with Crippen molar-refractivity contribution in [1.29, 1.82) is 0 Å². The van der Waals surface area contributed by atoms with Gasteiger partial charge in [-0.05, 0) is 51.2 Å². The van der Waals surface area contributed by atoms with Gasteiger partial charge in [0.2, 0.25) is 0 Å². The van der Waals surface area contributed by atoms with Gasteiger partial charge in [-0.1, -0.05) is 6.07 Å². The molecule has 0 bridgehead atoms. The van der Waals surface area contributed by atoms with E-state index in [4.69, 9.17) is 4.74 Å². The molecule has 1 aliphatic carbocycles. The van der Waals surface area contributed by atoms with Gasteiger partial charge in [-0.25, -0.2) is 4.79 Å². The molecular formula is C19H29N3O2. The Morgan fingerprint density at radius 1 is 1.21 bits per heavy atom. The van der Waals surface area contributed by atoms with E-state index in [2.05, 4.69) is 22.0 Å². The summed E-state index contributed by atoms with van der Waals surface area (Å²) in [7, 11) is 0. The van der Waals surface area contributed by atoms with Crippen LogP contribution >= 0.6 is 0 Å². The highest BCUT2D eigenvalue weighted by Gasteiger charge is 2.26. The minimum Gasteiger partial charge on any atom is -0.444 e. The Hall–Kier alpha value is -1.62. The van der Waals surface area contributed by atoms with Crippen LogP contribution in [0.25, 0.3) is 0 Å². The van der Waals surface area contributed by atoms with E-state index in [-0.39, 0.29) is 6.09 Å². The van der Waals surface area contributed by atoms with E-state index in [9.17, 15) is 4.79 Å². The summed E-state index contributed by atoms with van der Waals surface area (Å²) >= 11 is 0. The maximum absolute atomic E-state index is 12.1. The van der Waals surface area contributed by atoms with Crippen molar-refractivity contribution in [2.24, 2.45) is 0 Å². The first-order valence-electron chi connectivity index (χ1n) is 9.06. The molecule has 3 rings (SSSR count). The number of carbonyl (C=O) groups excluding carboxylic acids is 1. The largest absolute Gasteiger partial charge is 0.444 e. The van der Waals surface area contributed by atoms with Gasteiger partial charge in [-0.3, -0.25) is 9.88 Å². The average molecular weight is 331 g/mol. The number of carbonyl (C=O) groups is 1. The van der Waals surface area contributed by atoms with Crippen LogP contribution in [0.4, 0.5) is 4.79 Å². The Morgan fingerprint density at radius 3 is 2.46 bits per heavy atom. The Bertz CT molecular complexity index is 553. The van der Waals surface area contributed by atoms with Crippen molar-refractivity contribution in [1.82, 2.24) is 14.8 Å². The Labute approximate surface area is 145 Å². The van der Waals surface area contributed by atoms with Gasteiger partial charge in [0.1, 0.15) is 5.60 Å². The molecule has 1 saturated carbocycles. The molecule has 2 fully saturated rings. The van der Waals surface area contributed by atoms with E-state index >= 15 is 0 Å². The topological polar surface area (TPSA) is 45.7 Å². The summed E-state index contributed by atoms with van der Waals surface area (Å²) in [6, 6.07) is 4.41. The maximum Gasteiger partial charge on any atom is 0.410 e. The van der Waals surface area contributed by atoms with Gasteiger partial charge in [-0.2, -0.15) is 0 Å². The van der Waals surface area contributed by atoms with Crippen molar-refractivity contribution < 1.29 is 9.53 Å². The molecule has 132 valence electrons. The van der Waals surface area contributed by atoms with Crippen molar-refractivity contribution in [3.05, 3.63) is 29.6 Å². The highest BCUT2D eigenvalue weighted by Crippen LogP contribution is 2.39. The van der Waals surface area contributed by atoms with Crippen LogP contribution in [0.2, 0.25) is 0 Å². The lowest BCUT2D eigenvalue weighted by Crippen LogP contribution is -2.50. The van der Waals surface area contributed by atoms with Crippen molar-refractivity contribution in [3.8, 4) is 0 Å². The summed E-state index contributed by atoms with van der Waals surface area (Å²) in [5.74, 6) is 0.771. The zero-order chi connectivity index (χ0) is 17.2. The smallest absolute Gasteiger partial charge is 0.410 e. The molecule has 0 unspecified atom stereocenters. The second-order valence-electron chi connectivity index (χ2n) is 7.92. The predicted molar refractivity (Wildman–Crippen MR) is 94.2 cm³/mol. The molecule has 5 heteroatoms. The first-order chi connectivity index (χ1) is 11.4. The molecule has 0 N–H and O–H groups in total. The summed E-state index contributed by atoms with van der Waals surface area (Å²) < 4.78 is 5.44. The summed E-state index contributed by atoms with van der Waals surface area (Å²) in [6.07, 6.45) is 5.47. The zero-order valence-corrected chi connectivity index (χ0v) is 15.1. The third-order valence-electron chi connectivity index (χ3n) is 4.60. The normalized spacial score (nSPS) is 19.4. The molecule has 0 aromatic carbocycles. The second-order valence-corrected chi connectivity index (χ2v) is 7.92. The predicted octanol–water partition coefficient (Wildman–Crippen LogP) is 3.05. The van der Waals surface area contributed by atoms with E-state index in [1.165, 1.54) is 18.4 Å². The van der Waals surface area contributed by atoms with Crippen LogP contribution in [-0.2, 0) is 11.2 Å². The van der Waals surface area contributed by atoms with Crippen LogP contribution in [0.15, 0.2) is 18.3 Å². The molecule has 1 aliphatic heterocycles. The lowest BCUT2D eigenvalue weighted by atomic mass is 10.1. The number of rotatable bonds is 4. The van der Waals surface area contributed by atoms with Crippen LogP contribution < -0.4 is 0 Å². The van der Waals surface area contributed by atoms with E-state index in [1.54, 1.807) is 0 Å². The van der Waals surface area contributed by atoms with Gasteiger partial charge in [0.25, 0.3) is 0 Å². The SMILES string of the molecule is CC(C)(C)OC(=O)N1CCN(CCc2ccc(C3CC3)cn2)CC1. The second kappa shape index (κ2) is 7.09. The number of ether oxygens (including phenoxy) is 1. The molecule has 0 spiro atoms. The minimum absolute atomic E-state index is 0.195. The van der Waals surface area contributed by atoms with Crippen LogP contribution in [0.1, 0.15) is 50.8 Å². The molecule has 1 amide bonds. The standard InChI is InChI=1S/C19H29N3O2/c1-19(2,3)24-18(23)22-12-10-21(11-13-22)9-8-17-7-6-16(14-20-17)15-4-5-15/h6-7,14-15H,4-5,8-13H2,1-3H3. The highest BCUT2D eigenvalue weighted by molar-refractivity contribution is 5.68. The van der Waals surface area contributed by atoms with Crippen LogP contribution in [0.5, 0.6) is 0 Å². The summed E-state index contributed by atoms with van der Waals surface area (Å²) in [4.78, 5) is 20.9. The molecule has 0 radical (unpaired) electrons. The number of amides is 1. The number of pyridine rings is 1. The van der Waals surface area contributed by atoms with Crippen LogP contribution in [-0.4, -0.2) is 59.2 Å². The first kappa shape index (κ1) is 17.2. The average Bonchev–Trinajstić information content (AvgIpc) is 3.37. The molecule has 1 aromatic heterocycles. The van der Waals surface area contributed by atoms with Gasteiger partial charge >= 0.3 is 6.09 Å². The molecule has 0 atom stereocenters. The van der Waals surface area contributed by atoms with Crippen LogP contribution in [0, 0.1) is 0 Å². The third kappa shape index (κ3) is 4.94. The number of piperazine rings is 1. The molecule has 5 nitrogen and oxygen atoms in total. The molecule has 1 saturated heterocycles. The van der Waals surface area contributed by atoms with E-state index in [1.807, 2.05) is 31.9 Å². The van der Waals surface area contributed by atoms with Crippen molar-refractivity contribution in [3.63, 3.8) is 0 Å². The molecule has 2 aliphatic rings. The maximum atomic E-state index is 12.1. The Morgan fingerprint density at radius 2 is 1.92 bits per heavy atom. The molecule has 2 heterocycles. The van der Waals surface area contributed by atoms with Crippen LogP contribution in [0.3, 0.4) is 0 Å². The first-order valence-corrected chi connectivity index (χ1v) is 9.06. The van der Waals surface area contributed by atoms with Crippen molar-refractivity contribution in [2.45, 2.75) is 51.6 Å². The number of aromatic nitrogens is 1. The van der Waals surface area contributed by atoms with Crippen molar-refractivity contribution in [2.75, 3.05) is 32.7 Å². The summed E-state index contributed by atoms with van der Waals surface area (Å²) in [5, 5.41) is 0. The van der Waals surface area contributed by atoms with Gasteiger partial charge in [0, 0.05) is 51.0 Å². The monoisotopic (exact) mass is 331 g/mol. The summed E-state index contributed by atoms with van der Waals surface area (Å²) in [5.41, 5.74) is 2.13. The number of hydrogen-bond acceptors (Lipinski definition) is 4. The minimum atomic E-state index is -0.424. The lowest BCUT2D eigenvalue weighted by Gasteiger charge is -2.35. The summed E-state index contributed by atoms with van der Waals surface area (Å²) in [6.45, 7) is 10.00. The molecule has 1 aromatic rings. The van der Waals surface area contributed by atoms with Gasteiger partial charge in [0.15, 0.2) is 0 Å². The van der Waals surface area contributed by atoms with Gasteiger partial charge in [-0.15, -0.1) is 0 Å². The van der Waals surface area contributed by atoms with E-state index < -0.39 is 5.60 Å². The van der Waals surface area contributed by atoms with E-state index in [0.29, 0.717) is 0 Å². The molecular weight excluding hydrogens is 302 g/mol. The fourth-order valence-electron chi connectivity index (χ4n) is 3.00. The molecule has 24 heavy (non-hydrogen) atoms. The van der Waals surface area contributed by atoms with Gasteiger partial charge in [0.05, 0.1) is 0 Å². The van der Waals surface area contributed by atoms with Gasteiger partial charge < -0.3 is 9.64 Å². The number of hydrogen-bond donors (Lipinski definition) is 0. The lowest BCUT2D eigenvalue weighted by molar-refractivity contribution is 0.0146. The van der Waals surface area contributed by atoms with Crippen molar-refractivity contribution >= 4 is 6.09 Å². The zero-order valence-electron chi connectivity index (χ0n) is 15.1. The Kier molecular flexibility index (Phi) is 5.09. The quantitative estimate of drug-likeness (QED) is 0.851. The highest BCUT2D eigenvalue weighted by atomic mass is 16.6. The fourth-order valence-corrected chi connectivity index (χ4v) is 3.00. The fraction of sp³-hybridized carbons (Fsp3) is 0.684. The number of nitrogens with zero attached hydrogens (tertiary/aromatic N) is 3.